The van der Waals surface area contributed by atoms with Gasteiger partial charge in [0.25, 0.3) is 11.5 Å². The predicted octanol–water partition coefficient (Wildman–Crippen LogP) is 0.932. The number of carbonyl (C=O) groups excluding carboxylic acids is 2. The smallest absolute Gasteiger partial charge is 0.290 e. The van der Waals surface area contributed by atoms with Crippen LogP contribution in [0.25, 0.3) is 10.8 Å². The van der Waals surface area contributed by atoms with Gasteiger partial charge in [0.15, 0.2) is 5.69 Å². The number of nitrogens with one attached hydrogen (secondary N) is 2. The minimum atomic E-state index is -0.604. The molecule has 9 heteroatoms. The monoisotopic (exact) mass is 369 g/mol. The topological polar surface area (TPSA) is 119 Å². The Bertz CT molecular complexity index is 1060. The summed E-state index contributed by atoms with van der Waals surface area (Å²) in [6.45, 7) is 3.59. The molecule has 2 heterocycles. The van der Waals surface area contributed by atoms with Crippen LogP contribution in [0.4, 0.5) is 0 Å². The van der Waals surface area contributed by atoms with Gasteiger partial charge in [0.2, 0.25) is 5.91 Å². The first-order chi connectivity index (χ1) is 12.9. The molecule has 0 spiro atoms. The molecular weight excluding hydrogens is 350 g/mol. The van der Waals surface area contributed by atoms with E-state index in [4.69, 9.17) is 4.52 Å². The summed E-state index contributed by atoms with van der Waals surface area (Å²) in [7, 11) is 1.47. The molecule has 0 atom stereocenters. The van der Waals surface area contributed by atoms with E-state index in [1.165, 1.54) is 7.05 Å². The van der Waals surface area contributed by atoms with Gasteiger partial charge in [0.1, 0.15) is 5.76 Å². The number of aryl methyl sites for hydroxylation is 3. The highest BCUT2D eigenvalue weighted by molar-refractivity contribution is 6.05. The molecule has 0 aliphatic rings. The Balaban J connectivity index is 1.68. The maximum absolute atomic E-state index is 12.4. The van der Waals surface area contributed by atoms with Crippen molar-refractivity contribution in [2.45, 2.75) is 26.7 Å². The number of hydrogen-bond donors (Lipinski definition) is 2. The summed E-state index contributed by atoms with van der Waals surface area (Å²) in [5.74, 6) is -0.296. The molecule has 0 fully saturated rings. The Morgan fingerprint density at radius 2 is 1.85 bits per heavy atom. The first kappa shape index (κ1) is 18.3. The van der Waals surface area contributed by atoms with Crippen molar-refractivity contribution < 1.29 is 14.1 Å². The largest absolute Gasteiger partial charge is 0.361 e. The fourth-order valence-corrected chi connectivity index (χ4v) is 2.81. The SMILES string of the molecule is Cc1noc(C)c1CCC(=O)NNC(=O)c1nn(C)c(=O)c2ccccc12. The summed E-state index contributed by atoms with van der Waals surface area (Å²) in [4.78, 5) is 36.6. The van der Waals surface area contributed by atoms with Crippen LogP contribution in [0.15, 0.2) is 33.6 Å². The van der Waals surface area contributed by atoms with Crippen molar-refractivity contribution in [3.63, 3.8) is 0 Å². The third-order valence-electron chi connectivity index (χ3n) is 4.27. The molecular formula is C18H19N5O4. The van der Waals surface area contributed by atoms with Gasteiger partial charge in [0, 0.05) is 24.4 Å². The predicted molar refractivity (Wildman–Crippen MR) is 96.9 cm³/mol. The quantitative estimate of drug-likeness (QED) is 0.661. The van der Waals surface area contributed by atoms with E-state index >= 15 is 0 Å². The maximum Gasteiger partial charge on any atom is 0.290 e. The van der Waals surface area contributed by atoms with Gasteiger partial charge in [-0.3, -0.25) is 25.2 Å². The van der Waals surface area contributed by atoms with Crippen molar-refractivity contribution >= 4 is 22.6 Å². The average Bonchev–Trinajstić information content (AvgIpc) is 2.98. The van der Waals surface area contributed by atoms with Crippen LogP contribution in [-0.4, -0.2) is 26.8 Å². The second-order valence-electron chi connectivity index (χ2n) is 6.13. The van der Waals surface area contributed by atoms with E-state index in [0.29, 0.717) is 23.0 Å². The van der Waals surface area contributed by atoms with Gasteiger partial charge in [-0.1, -0.05) is 23.4 Å². The minimum Gasteiger partial charge on any atom is -0.361 e. The van der Waals surface area contributed by atoms with Gasteiger partial charge in [-0.15, -0.1) is 0 Å². The summed E-state index contributed by atoms with van der Waals surface area (Å²) < 4.78 is 6.15. The minimum absolute atomic E-state index is 0.0544. The summed E-state index contributed by atoms with van der Waals surface area (Å²) in [6, 6.07) is 6.68. The number of rotatable bonds is 4. The third kappa shape index (κ3) is 3.71. The molecule has 0 unspecified atom stereocenters. The lowest BCUT2D eigenvalue weighted by atomic mass is 10.1. The van der Waals surface area contributed by atoms with Gasteiger partial charge >= 0.3 is 0 Å². The Morgan fingerprint density at radius 1 is 1.15 bits per heavy atom. The second-order valence-corrected chi connectivity index (χ2v) is 6.13. The highest BCUT2D eigenvalue weighted by Crippen LogP contribution is 2.14. The van der Waals surface area contributed by atoms with Gasteiger partial charge in [-0.2, -0.15) is 5.10 Å². The maximum atomic E-state index is 12.4. The Hall–Kier alpha value is -3.49. The number of carbonyl (C=O) groups is 2. The molecule has 3 aromatic rings. The zero-order valence-electron chi connectivity index (χ0n) is 15.2. The molecule has 9 nitrogen and oxygen atoms in total. The van der Waals surface area contributed by atoms with Gasteiger partial charge in [-0.05, 0) is 26.3 Å². The summed E-state index contributed by atoms with van der Waals surface area (Å²) in [6.07, 6.45) is 0.606. The van der Waals surface area contributed by atoms with Crippen molar-refractivity contribution in [1.29, 1.82) is 0 Å². The lowest BCUT2D eigenvalue weighted by Crippen LogP contribution is -2.42. The highest BCUT2D eigenvalue weighted by atomic mass is 16.5. The second kappa shape index (κ2) is 7.40. The molecule has 0 aliphatic heterocycles. The standard InChI is InChI=1S/C18H19N5O4/c1-10-12(11(2)27-22-10)8-9-15(24)19-20-17(25)16-13-6-4-5-7-14(13)18(26)23(3)21-16/h4-7H,8-9H2,1-3H3,(H,19,24)(H,20,25). The van der Waals surface area contributed by atoms with Crippen molar-refractivity contribution in [1.82, 2.24) is 25.8 Å². The van der Waals surface area contributed by atoms with E-state index in [2.05, 4.69) is 21.1 Å². The van der Waals surface area contributed by atoms with E-state index in [0.717, 1.165) is 15.9 Å². The molecule has 0 saturated heterocycles. The van der Waals surface area contributed by atoms with E-state index in [1.54, 1.807) is 31.2 Å². The van der Waals surface area contributed by atoms with E-state index in [9.17, 15) is 14.4 Å². The fourth-order valence-electron chi connectivity index (χ4n) is 2.81. The van der Waals surface area contributed by atoms with Gasteiger partial charge in [-0.25, -0.2) is 4.68 Å². The van der Waals surface area contributed by atoms with Gasteiger partial charge < -0.3 is 4.52 Å². The molecule has 2 N–H and O–H groups in total. The lowest BCUT2D eigenvalue weighted by molar-refractivity contribution is -0.121. The third-order valence-corrected chi connectivity index (χ3v) is 4.27. The molecule has 3 rings (SSSR count). The van der Waals surface area contributed by atoms with E-state index < -0.39 is 5.91 Å². The highest BCUT2D eigenvalue weighted by Gasteiger charge is 2.16. The molecule has 0 saturated carbocycles. The van der Waals surface area contributed by atoms with Crippen molar-refractivity contribution in [3.8, 4) is 0 Å². The first-order valence-corrected chi connectivity index (χ1v) is 8.35. The van der Waals surface area contributed by atoms with Crippen LogP contribution >= 0.6 is 0 Å². The van der Waals surface area contributed by atoms with E-state index in [-0.39, 0.29) is 23.6 Å². The number of hydrazine groups is 1. The number of fused-ring (bicyclic) bond motifs is 1. The van der Waals surface area contributed by atoms with Crippen LogP contribution in [0, 0.1) is 13.8 Å². The first-order valence-electron chi connectivity index (χ1n) is 8.35. The summed E-state index contributed by atoms with van der Waals surface area (Å²) in [5.41, 5.74) is 6.08. The van der Waals surface area contributed by atoms with Crippen LogP contribution in [0.1, 0.15) is 33.9 Å². The van der Waals surface area contributed by atoms with Crippen LogP contribution in [0.5, 0.6) is 0 Å². The number of hydrogen-bond acceptors (Lipinski definition) is 6. The van der Waals surface area contributed by atoms with Crippen molar-refractivity contribution in [2.75, 3.05) is 0 Å². The average molecular weight is 369 g/mol. The Morgan fingerprint density at radius 3 is 2.52 bits per heavy atom. The van der Waals surface area contributed by atoms with Crippen LogP contribution in [0.3, 0.4) is 0 Å². The van der Waals surface area contributed by atoms with Gasteiger partial charge in [0.05, 0.1) is 11.1 Å². The molecule has 2 aromatic heterocycles. The summed E-state index contributed by atoms with van der Waals surface area (Å²) in [5, 5.41) is 8.65. The Labute approximate surface area is 154 Å². The summed E-state index contributed by atoms with van der Waals surface area (Å²) >= 11 is 0. The fraction of sp³-hybridized carbons (Fsp3) is 0.278. The molecule has 2 amide bonds. The molecule has 1 aromatic carbocycles. The molecule has 0 bridgehead atoms. The normalized spacial score (nSPS) is 10.8. The molecule has 140 valence electrons. The van der Waals surface area contributed by atoms with Crippen LogP contribution in [0.2, 0.25) is 0 Å². The number of benzene rings is 1. The van der Waals surface area contributed by atoms with Crippen molar-refractivity contribution in [3.05, 3.63) is 57.3 Å². The number of nitrogens with zero attached hydrogens (tertiary/aromatic N) is 3. The Kier molecular flexibility index (Phi) is 5.02. The molecule has 27 heavy (non-hydrogen) atoms. The molecule has 0 aliphatic carbocycles. The zero-order valence-corrected chi connectivity index (χ0v) is 15.2. The van der Waals surface area contributed by atoms with E-state index in [1.807, 2.05) is 6.92 Å². The van der Waals surface area contributed by atoms with Crippen molar-refractivity contribution in [2.24, 2.45) is 7.05 Å². The zero-order chi connectivity index (χ0) is 19.6. The number of amides is 2. The van der Waals surface area contributed by atoms with Crippen LogP contribution in [-0.2, 0) is 18.3 Å². The molecule has 0 radical (unpaired) electrons. The lowest BCUT2D eigenvalue weighted by Gasteiger charge is -2.10. The van der Waals surface area contributed by atoms with Crippen LogP contribution < -0.4 is 16.4 Å². The number of aromatic nitrogens is 3.